The second-order valence-electron chi connectivity index (χ2n) is 3.74. The van der Waals surface area contributed by atoms with Gasteiger partial charge in [0, 0.05) is 6.20 Å². The van der Waals surface area contributed by atoms with Crippen LogP contribution in [0.2, 0.25) is 0 Å². The average molecular weight is 258 g/mol. The fourth-order valence-electron chi connectivity index (χ4n) is 1.30. The molecular formula is C11H16ClN3O2. The molecule has 0 unspecified atom stereocenters. The Morgan fingerprint density at radius 3 is 2.76 bits per heavy atom. The summed E-state index contributed by atoms with van der Waals surface area (Å²) < 4.78 is 4.90. The average Bonchev–Trinajstić information content (AvgIpc) is 2.28. The summed E-state index contributed by atoms with van der Waals surface area (Å²) in [6.45, 7) is 2.67. The smallest absolute Gasteiger partial charge is 0.341 e. The molecular weight excluding hydrogens is 242 g/mol. The molecule has 0 spiro atoms. The molecule has 0 atom stereocenters. The molecule has 0 aliphatic carbocycles. The van der Waals surface area contributed by atoms with Crippen LogP contribution in [0.3, 0.4) is 0 Å². The number of ether oxygens (including phenoxy) is 1. The van der Waals surface area contributed by atoms with Crippen molar-refractivity contribution in [2.45, 2.75) is 19.3 Å². The van der Waals surface area contributed by atoms with Crippen LogP contribution in [0, 0.1) is 0 Å². The SMILES string of the molecule is CCOC(=O)c1cnc(CN(C)C)nc1CCl. The van der Waals surface area contributed by atoms with Crippen molar-refractivity contribution in [2.75, 3.05) is 20.7 Å². The predicted octanol–water partition coefficient (Wildman–Crippen LogP) is 1.45. The Morgan fingerprint density at radius 2 is 2.24 bits per heavy atom. The van der Waals surface area contributed by atoms with E-state index in [-0.39, 0.29) is 5.88 Å². The highest BCUT2D eigenvalue weighted by Gasteiger charge is 2.15. The van der Waals surface area contributed by atoms with Gasteiger partial charge in [0.05, 0.1) is 24.7 Å². The van der Waals surface area contributed by atoms with Crippen LogP contribution in [0.5, 0.6) is 0 Å². The number of hydrogen-bond donors (Lipinski definition) is 0. The van der Waals surface area contributed by atoms with Crippen LogP contribution in [0.15, 0.2) is 6.20 Å². The van der Waals surface area contributed by atoms with Crippen LogP contribution >= 0.6 is 11.6 Å². The van der Waals surface area contributed by atoms with E-state index < -0.39 is 5.97 Å². The summed E-state index contributed by atoms with van der Waals surface area (Å²) in [6, 6.07) is 0. The monoisotopic (exact) mass is 257 g/mol. The highest BCUT2D eigenvalue weighted by atomic mass is 35.5. The highest BCUT2D eigenvalue weighted by molar-refractivity contribution is 6.17. The molecule has 17 heavy (non-hydrogen) atoms. The zero-order valence-corrected chi connectivity index (χ0v) is 11.0. The molecule has 0 bridgehead atoms. The number of aromatic nitrogens is 2. The van der Waals surface area contributed by atoms with E-state index in [1.807, 2.05) is 19.0 Å². The van der Waals surface area contributed by atoms with Crippen molar-refractivity contribution < 1.29 is 9.53 Å². The second-order valence-corrected chi connectivity index (χ2v) is 4.01. The largest absolute Gasteiger partial charge is 0.462 e. The Hall–Kier alpha value is -1.20. The second kappa shape index (κ2) is 6.51. The van der Waals surface area contributed by atoms with Crippen LogP contribution in [-0.4, -0.2) is 41.5 Å². The third kappa shape index (κ3) is 3.94. The van der Waals surface area contributed by atoms with E-state index in [2.05, 4.69) is 9.97 Å². The van der Waals surface area contributed by atoms with Gasteiger partial charge in [0.1, 0.15) is 11.4 Å². The minimum atomic E-state index is -0.431. The van der Waals surface area contributed by atoms with Crippen LogP contribution in [-0.2, 0) is 17.2 Å². The van der Waals surface area contributed by atoms with Gasteiger partial charge in [-0.1, -0.05) is 0 Å². The topological polar surface area (TPSA) is 55.3 Å². The molecule has 0 saturated carbocycles. The number of nitrogens with zero attached hydrogens (tertiary/aromatic N) is 3. The molecule has 1 aromatic heterocycles. The third-order valence-corrected chi connectivity index (χ3v) is 2.25. The molecule has 0 aliphatic heterocycles. The lowest BCUT2D eigenvalue weighted by Gasteiger charge is -2.10. The van der Waals surface area contributed by atoms with E-state index in [1.54, 1.807) is 6.92 Å². The molecule has 0 aliphatic rings. The van der Waals surface area contributed by atoms with E-state index in [9.17, 15) is 4.79 Å². The minimum Gasteiger partial charge on any atom is -0.462 e. The van der Waals surface area contributed by atoms with Crippen LogP contribution in [0.25, 0.3) is 0 Å². The van der Waals surface area contributed by atoms with E-state index >= 15 is 0 Å². The molecule has 0 radical (unpaired) electrons. The molecule has 1 heterocycles. The number of carbonyl (C=O) groups is 1. The number of carbonyl (C=O) groups excluding carboxylic acids is 1. The van der Waals surface area contributed by atoms with Crippen LogP contribution in [0.4, 0.5) is 0 Å². The zero-order valence-electron chi connectivity index (χ0n) is 10.2. The van der Waals surface area contributed by atoms with E-state index in [1.165, 1.54) is 6.20 Å². The minimum absolute atomic E-state index is 0.164. The standard InChI is InChI=1S/C11H16ClN3O2/c1-4-17-11(16)8-6-13-10(7-15(2)3)14-9(8)5-12/h6H,4-5,7H2,1-3H3. The summed E-state index contributed by atoms with van der Waals surface area (Å²) in [5, 5.41) is 0. The molecule has 94 valence electrons. The Labute approximate surface area is 106 Å². The molecule has 0 saturated heterocycles. The first kappa shape index (κ1) is 13.9. The quantitative estimate of drug-likeness (QED) is 0.590. The van der Waals surface area contributed by atoms with Crippen molar-refractivity contribution >= 4 is 17.6 Å². The number of hydrogen-bond acceptors (Lipinski definition) is 5. The van der Waals surface area contributed by atoms with Crippen molar-refractivity contribution in [2.24, 2.45) is 0 Å². The molecule has 6 heteroatoms. The summed E-state index contributed by atoms with van der Waals surface area (Å²) in [6.07, 6.45) is 1.47. The van der Waals surface area contributed by atoms with Crippen molar-refractivity contribution in [3.05, 3.63) is 23.3 Å². The zero-order chi connectivity index (χ0) is 12.8. The van der Waals surface area contributed by atoms with Crippen molar-refractivity contribution in [1.82, 2.24) is 14.9 Å². The van der Waals surface area contributed by atoms with E-state index in [0.29, 0.717) is 30.2 Å². The molecule has 0 amide bonds. The van der Waals surface area contributed by atoms with Gasteiger partial charge in [0.25, 0.3) is 0 Å². The van der Waals surface area contributed by atoms with E-state index in [0.717, 1.165) is 0 Å². The maximum atomic E-state index is 11.6. The summed E-state index contributed by atoms with van der Waals surface area (Å²) in [5.41, 5.74) is 0.848. The number of rotatable bonds is 5. The Kier molecular flexibility index (Phi) is 5.31. The van der Waals surface area contributed by atoms with Gasteiger partial charge >= 0.3 is 5.97 Å². The molecule has 5 nitrogen and oxygen atoms in total. The first-order valence-corrected chi connectivity index (χ1v) is 5.84. The fraction of sp³-hybridized carbons (Fsp3) is 0.545. The lowest BCUT2D eigenvalue weighted by Crippen LogP contribution is -2.16. The summed E-state index contributed by atoms with van der Waals surface area (Å²) in [7, 11) is 3.84. The Balaban J connectivity index is 2.96. The van der Waals surface area contributed by atoms with E-state index in [4.69, 9.17) is 16.3 Å². The van der Waals surface area contributed by atoms with Gasteiger partial charge in [-0.25, -0.2) is 14.8 Å². The first-order chi connectivity index (χ1) is 8.08. The normalized spacial score (nSPS) is 10.6. The fourth-order valence-corrected chi connectivity index (χ4v) is 1.50. The van der Waals surface area contributed by atoms with Gasteiger partial charge in [0.15, 0.2) is 0 Å². The summed E-state index contributed by atoms with van der Waals surface area (Å²) >= 11 is 5.77. The lowest BCUT2D eigenvalue weighted by atomic mass is 10.2. The lowest BCUT2D eigenvalue weighted by molar-refractivity contribution is 0.0524. The number of halogens is 1. The van der Waals surface area contributed by atoms with Crippen molar-refractivity contribution in [3.8, 4) is 0 Å². The predicted molar refractivity (Wildman–Crippen MR) is 64.9 cm³/mol. The third-order valence-electron chi connectivity index (χ3n) is 2.00. The Bertz CT molecular complexity index is 396. The number of esters is 1. The molecule has 0 fully saturated rings. The van der Waals surface area contributed by atoms with Crippen LogP contribution in [0.1, 0.15) is 28.8 Å². The van der Waals surface area contributed by atoms with Gasteiger partial charge < -0.3 is 9.64 Å². The maximum Gasteiger partial charge on any atom is 0.341 e. The van der Waals surface area contributed by atoms with Crippen molar-refractivity contribution in [1.29, 1.82) is 0 Å². The van der Waals surface area contributed by atoms with Gasteiger partial charge in [-0.2, -0.15) is 0 Å². The number of alkyl halides is 1. The van der Waals surface area contributed by atoms with Gasteiger partial charge in [-0.05, 0) is 21.0 Å². The van der Waals surface area contributed by atoms with Crippen molar-refractivity contribution in [3.63, 3.8) is 0 Å². The first-order valence-electron chi connectivity index (χ1n) is 5.31. The summed E-state index contributed by atoms with van der Waals surface area (Å²) in [4.78, 5) is 21.9. The molecule has 1 aromatic rings. The Morgan fingerprint density at radius 1 is 1.53 bits per heavy atom. The van der Waals surface area contributed by atoms with Gasteiger partial charge in [0.2, 0.25) is 0 Å². The highest BCUT2D eigenvalue weighted by Crippen LogP contribution is 2.10. The van der Waals surface area contributed by atoms with Crippen LogP contribution < -0.4 is 0 Å². The molecule has 1 rings (SSSR count). The summed E-state index contributed by atoms with van der Waals surface area (Å²) in [5.74, 6) is 0.371. The molecule has 0 aromatic carbocycles. The van der Waals surface area contributed by atoms with Gasteiger partial charge in [-0.3, -0.25) is 0 Å². The molecule has 0 N–H and O–H groups in total. The van der Waals surface area contributed by atoms with Gasteiger partial charge in [-0.15, -0.1) is 11.6 Å². The maximum absolute atomic E-state index is 11.6.